The van der Waals surface area contributed by atoms with Crippen LogP contribution in [0.5, 0.6) is 11.5 Å². The van der Waals surface area contributed by atoms with Gasteiger partial charge in [0.25, 0.3) is 5.91 Å². The van der Waals surface area contributed by atoms with Crippen molar-refractivity contribution in [2.75, 3.05) is 26.4 Å². The van der Waals surface area contributed by atoms with Gasteiger partial charge in [-0.25, -0.2) is 0 Å². The van der Waals surface area contributed by atoms with E-state index in [4.69, 9.17) is 14.2 Å². The van der Waals surface area contributed by atoms with Gasteiger partial charge in [0.15, 0.2) is 11.5 Å². The second-order valence-electron chi connectivity index (χ2n) is 4.21. The normalized spacial score (nSPS) is 17.0. The fourth-order valence-electron chi connectivity index (χ4n) is 1.79. The van der Waals surface area contributed by atoms with Gasteiger partial charge < -0.3 is 19.5 Å². The van der Waals surface area contributed by atoms with E-state index in [0.717, 1.165) is 6.42 Å². The van der Waals surface area contributed by atoms with Crippen molar-refractivity contribution in [3.63, 3.8) is 0 Å². The summed E-state index contributed by atoms with van der Waals surface area (Å²) < 4.78 is 16.3. The standard InChI is InChI=1S/C14H19NO4/c1-2-17-9-5-8-15-14(16)13-10-18-11-6-3-4-7-12(11)19-13/h3-4,6-7,13H,2,5,8-10H2,1H3,(H,15,16)/t13-/m0/s1. The SMILES string of the molecule is CCOCCCNC(=O)[C@@H]1COc2ccccc2O1. The molecule has 1 aliphatic heterocycles. The van der Waals surface area contributed by atoms with E-state index in [1.54, 1.807) is 6.07 Å². The van der Waals surface area contributed by atoms with Crippen molar-refractivity contribution in [2.24, 2.45) is 0 Å². The maximum atomic E-state index is 11.9. The Kier molecular flexibility index (Phi) is 5.03. The van der Waals surface area contributed by atoms with Crippen LogP contribution < -0.4 is 14.8 Å². The summed E-state index contributed by atoms with van der Waals surface area (Å²) in [4.78, 5) is 11.9. The van der Waals surface area contributed by atoms with Crippen LogP contribution in [0.25, 0.3) is 0 Å². The molecule has 0 saturated carbocycles. The average molecular weight is 265 g/mol. The zero-order chi connectivity index (χ0) is 13.5. The fourth-order valence-corrected chi connectivity index (χ4v) is 1.79. The molecule has 1 heterocycles. The third kappa shape index (κ3) is 3.86. The number of carbonyl (C=O) groups excluding carboxylic acids is 1. The van der Waals surface area contributed by atoms with Crippen LogP contribution in [-0.4, -0.2) is 38.4 Å². The van der Waals surface area contributed by atoms with Gasteiger partial charge in [-0.1, -0.05) is 12.1 Å². The van der Waals surface area contributed by atoms with Crippen molar-refractivity contribution in [3.8, 4) is 11.5 Å². The minimum atomic E-state index is -0.581. The van der Waals surface area contributed by atoms with Crippen molar-refractivity contribution >= 4 is 5.91 Å². The number of rotatable bonds is 6. The summed E-state index contributed by atoms with van der Waals surface area (Å²) in [6, 6.07) is 7.34. The first kappa shape index (κ1) is 13.7. The van der Waals surface area contributed by atoms with Crippen LogP contribution in [0.2, 0.25) is 0 Å². The van der Waals surface area contributed by atoms with Gasteiger partial charge in [0.1, 0.15) is 6.61 Å². The van der Waals surface area contributed by atoms with Gasteiger partial charge in [-0.15, -0.1) is 0 Å². The lowest BCUT2D eigenvalue weighted by molar-refractivity contribution is -0.130. The fraction of sp³-hybridized carbons (Fsp3) is 0.500. The van der Waals surface area contributed by atoms with Crippen LogP contribution in [0.1, 0.15) is 13.3 Å². The molecular weight excluding hydrogens is 246 g/mol. The lowest BCUT2D eigenvalue weighted by Gasteiger charge is -2.25. The monoisotopic (exact) mass is 265 g/mol. The summed E-state index contributed by atoms with van der Waals surface area (Å²) in [6.07, 6.45) is 0.214. The zero-order valence-corrected chi connectivity index (χ0v) is 11.1. The number of hydrogen-bond donors (Lipinski definition) is 1. The molecule has 1 aliphatic rings. The van der Waals surface area contributed by atoms with Gasteiger partial charge in [-0.3, -0.25) is 4.79 Å². The number of hydrogen-bond acceptors (Lipinski definition) is 4. The van der Waals surface area contributed by atoms with Crippen LogP contribution in [0, 0.1) is 0 Å². The molecule has 0 fully saturated rings. The van der Waals surface area contributed by atoms with Gasteiger partial charge in [-0.2, -0.15) is 0 Å². The second kappa shape index (κ2) is 6.99. The minimum Gasteiger partial charge on any atom is -0.485 e. The highest BCUT2D eigenvalue weighted by atomic mass is 16.6. The molecule has 1 atom stereocenters. The van der Waals surface area contributed by atoms with Gasteiger partial charge in [0.2, 0.25) is 6.10 Å². The first-order valence-corrected chi connectivity index (χ1v) is 6.55. The molecule has 1 aromatic carbocycles. The molecule has 0 radical (unpaired) electrons. The molecule has 104 valence electrons. The number of nitrogens with one attached hydrogen (secondary N) is 1. The van der Waals surface area contributed by atoms with Gasteiger partial charge in [0.05, 0.1) is 0 Å². The Balaban J connectivity index is 1.76. The molecule has 0 unspecified atom stereocenters. The molecule has 1 amide bonds. The van der Waals surface area contributed by atoms with Crippen molar-refractivity contribution < 1.29 is 19.0 Å². The highest BCUT2D eigenvalue weighted by molar-refractivity contribution is 5.81. The molecule has 1 N–H and O–H groups in total. The Labute approximate surface area is 112 Å². The van der Waals surface area contributed by atoms with E-state index in [2.05, 4.69) is 5.32 Å². The average Bonchev–Trinajstić information content (AvgIpc) is 2.46. The number of para-hydroxylation sites is 2. The molecule has 5 heteroatoms. The van der Waals surface area contributed by atoms with Gasteiger partial charge >= 0.3 is 0 Å². The van der Waals surface area contributed by atoms with Crippen molar-refractivity contribution in [1.82, 2.24) is 5.32 Å². The van der Waals surface area contributed by atoms with E-state index in [-0.39, 0.29) is 12.5 Å². The largest absolute Gasteiger partial charge is 0.485 e. The van der Waals surface area contributed by atoms with E-state index in [1.807, 2.05) is 25.1 Å². The van der Waals surface area contributed by atoms with Crippen molar-refractivity contribution in [3.05, 3.63) is 24.3 Å². The number of benzene rings is 1. The second-order valence-corrected chi connectivity index (χ2v) is 4.21. The summed E-state index contributed by atoms with van der Waals surface area (Å²) in [5, 5.41) is 2.82. The Morgan fingerprint density at radius 3 is 3.00 bits per heavy atom. The Morgan fingerprint density at radius 1 is 1.42 bits per heavy atom. The van der Waals surface area contributed by atoms with E-state index in [1.165, 1.54) is 0 Å². The van der Waals surface area contributed by atoms with E-state index >= 15 is 0 Å². The lowest BCUT2D eigenvalue weighted by Crippen LogP contribution is -2.44. The van der Waals surface area contributed by atoms with E-state index in [9.17, 15) is 4.79 Å². The summed E-state index contributed by atoms with van der Waals surface area (Å²) in [5.41, 5.74) is 0. The summed E-state index contributed by atoms with van der Waals surface area (Å²) in [6.45, 7) is 4.13. The van der Waals surface area contributed by atoms with Crippen LogP contribution >= 0.6 is 0 Å². The van der Waals surface area contributed by atoms with Crippen LogP contribution in [0.15, 0.2) is 24.3 Å². The number of fused-ring (bicyclic) bond motifs is 1. The smallest absolute Gasteiger partial charge is 0.264 e. The molecule has 2 rings (SSSR count). The summed E-state index contributed by atoms with van der Waals surface area (Å²) >= 11 is 0. The summed E-state index contributed by atoms with van der Waals surface area (Å²) in [7, 11) is 0. The van der Waals surface area contributed by atoms with E-state index < -0.39 is 6.10 Å². The third-order valence-corrected chi connectivity index (χ3v) is 2.77. The number of carbonyl (C=O) groups is 1. The lowest BCUT2D eigenvalue weighted by atomic mass is 10.2. The van der Waals surface area contributed by atoms with Gasteiger partial charge in [0, 0.05) is 19.8 Å². The van der Waals surface area contributed by atoms with Crippen molar-refractivity contribution in [1.29, 1.82) is 0 Å². The first-order valence-electron chi connectivity index (χ1n) is 6.55. The molecule has 0 aromatic heterocycles. The Morgan fingerprint density at radius 2 is 2.21 bits per heavy atom. The molecule has 0 spiro atoms. The number of ether oxygens (including phenoxy) is 3. The molecule has 5 nitrogen and oxygen atoms in total. The number of amides is 1. The highest BCUT2D eigenvalue weighted by Crippen LogP contribution is 2.30. The predicted octanol–water partition coefficient (Wildman–Crippen LogP) is 1.37. The maximum Gasteiger partial charge on any atom is 0.264 e. The zero-order valence-electron chi connectivity index (χ0n) is 11.1. The Bertz CT molecular complexity index is 422. The van der Waals surface area contributed by atoms with Crippen LogP contribution in [0.3, 0.4) is 0 Å². The third-order valence-electron chi connectivity index (χ3n) is 2.77. The quantitative estimate of drug-likeness (QED) is 0.789. The summed E-state index contributed by atoms with van der Waals surface area (Å²) in [5.74, 6) is 1.15. The van der Waals surface area contributed by atoms with Crippen molar-refractivity contribution in [2.45, 2.75) is 19.4 Å². The molecular formula is C14H19NO4. The topological polar surface area (TPSA) is 56.8 Å². The molecule has 19 heavy (non-hydrogen) atoms. The van der Waals surface area contributed by atoms with E-state index in [0.29, 0.717) is 31.3 Å². The van der Waals surface area contributed by atoms with Crippen LogP contribution in [-0.2, 0) is 9.53 Å². The Hall–Kier alpha value is -1.75. The first-order chi connectivity index (χ1) is 9.31. The molecule has 1 aromatic rings. The molecule has 0 bridgehead atoms. The minimum absolute atomic E-state index is 0.147. The molecule has 0 saturated heterocycles. The van der Waals surface area contributed by atoms with Crippen LogP contribution in [0.4, 0.5) is 0 Å². The molecule has 0 aliphatic carbocycles. The highest BCUT2D eigenvalue weighted by Gasteiger charge is 2.26. The van der Waals surface area contributed by atoms with Gasteiger partial charge in [-0.05, 0) is 25.5 Å². The maximum absolute atomic E-state index is 11.9. The predicted molar refractivity (Wildman–Crippen MR) is 70.5 cm³/mol.